The summed E-state index contributed by atoms with van der Waals surface area (Å²) in [5.41, 5.74) is 9.13. The van der Waals surface area contributed by atoms with E-state index in [1.807, 2.05) is 0 Å². The van der Waals surface area contributed by atoms with E-state index in [4.69, 9.17) is 15.7 Å². The van der Waals surface area contributed by atoms with Crippen LogP contribution in [-0.4, -0.2) is 80.3 Å². The quantitative estimate of drug-likeness (QED) is 0.0589. The second-order valence-electron chi connectivity index (χ2n) is 9.07. The number of carbonyl (C=O) groups is 5. The van der Waals surface area contributed by atoms with E-state index in [1.165, 1.54) is 12.1 Å². The zero-order valence-electron chi connectivity index (χ0n) is 22.1. The highest BCUT2D eigenvalue weighted by atomic mass is 16.4. The predicted octanol–water partition coefficient (Wildman–Crippen LogP) is 2.83. The Labute approximate surface area is 230 Å². The summed E-state index contributed by atoms with van der Waals surface area (Å²) in [5.74, 6) is -4.03. The maximum absolute atomic E-state index is 12.9. The molecule has 15 heteroatoms. The number of benzene rings is 1. The number of phenols is 1. The Kier molecular flexibility index (Phi) is 15.7. The lowest BCUT2D eigenvalue weighted by Crippen LogP contribution is -2.51. The second-order valence-corrected chi connectivity index (χ2v) is 9.07. The Morgan fingerprint density at radius 3 is 2.05 bits per heavy atom. The van der Waals surface area contributed by atoms with Crippen molar-refractivity contribution < 1.29 is 44.4 Å². The van der Waals surface area contributed by atoms with Gasteiger partial charge in [0.15, 0.2) is 0 Å². The first-order valence-electron chi connectivity index (χ1n) is 12.8. The molecule has 0 aliphatic heterocycles. The minimum Gasteiger partial charge on any atom is -0.508 e. The Morgan fingerprint density at radius 1 is 0.850 bits per heavy atom. The molecule has 0 aliphatic rings. The van der Waals surface area contributed by atoms with Crippen molar-refractivity contribution in [1.29, 1.82) is 0 Å². The number of amides is 3. The van der Waals surface area contributed by atoms with Crippen molar-refractivity contribution in [2.24, 2.45) is 5.11 Å². The van der Waals surface area contributed by atoms with Crippen LogP contribution < -0.4 is 10.6 Å². The van der Waals surface area contributed by atoms with Crippen LogP contribution >= 0.6 is 0 Å². The van der Waals surface area contributed by atoms with Gasteiger partial charge in [-0.25, -0.2) is 14.4 Å². The molecule has 0 saturated heterocycles. The second kappa shape index (κ2) is 18.7. The molecular weight excluding hydrogens is 528 g/mol. The van der Waals surface area contributed by atoms with Gasteiger partial charge in [-0.3, -0.25) is 9.59 Å². The number of rotatable bonds is 20. The van der Waals surface area contributed by atoms with Crippen LogP contribution in [-0.2, 0) is 25.7 Å². The monoisotopic (exact) mass is 564 g/mol. The fourth-order valence-corrected chi connectivity index (χ4v) is 3.74. The molecule has 0 bridgehead atoms. The standard InChI is InChI=1S/C25H36N6O9/c26-30-27-14-4-1-2-7-21(33)31(16-17-8-10-18(32)11-9-17)15-5-3-6-19(23(36)37)28-25(40)29-20(24(38)39)12-13-22(34)35/h8-11,19-20,32H,1-7,12-16H2,(H,34,35)(H,36,37)(H,38,39)(H2,28,29,40)/t19-,20-/m0/s1. The normalized spacial score (nSPS) is 11.9. The molecule has 0 aliphatic carbocycles. The molecule has 2 atom stereocenters. The maximum atomic E-state index is 12.9. The number of carbonyl (C=O) groups excluding carboxylic acids is 2. The van der Waals surface area contributed by atoms with Crippen LogP contribution in [0.2, 0.25) is 0 Å². The number of phenolic OH excluding ortho intramolecular Hbond substituents is 1. The summed E-state index contributed by atoms with van der Waals surface area (Å²) in [6.45, 7) is 0.957. The Hall–Kier alpha value is -4.52. The van der Waals surface area contributed by atoms with Crippen molar-refractivity contribution >= 4 is 29.8 Å². The average Bonchev–Trinajstić information content (AvgIpc) is 2.90. The molecular formula is C25H36N6O9. The van der Waals surface area contributed by atoms with E-state index in [9.17, 15) is 34.2 Å². The van der Waals surface area contributed by atoms with Crippen molar-refractivity contribution in [2.75, 3.05) is 13.1 Å². The van der Waals surface area contributed by atoms with E-state index in [0.717, 1.165) is 5.56 Å². The summed E-state index contributed by atoms with van der Waals surface area (Å²) >= 11 is 0. The third kappa shape index (κ3) is 14.4. The molecule has 0 heterocycles. The van der Waals surface area contributed by atoms with Crippen LogP contribution in [0.5, 0.6) is 5.75 Å². The highest BCUT2D eigenvalue weighted by molar-refractivity contribution is 5.86. The number of aromatic hydroxyl groups is 1. The number of hydrogen-bond donors (Lipinski definition) is 6. The van der Waals surface area contributed by atoms with Gasteiger partial charge in [-0.15, -0.1) is 0 Å². The van der Waals surface area contributed by atoms with Crippen molar-refractivity contribution in [1.82, 2.24) is 15.5 Å². The summed E-state index contributed by atoms with van der Waals surface area (Å²) in [6, 6.07) is 2.54. The zero-order chi connectivity index (χ0) is 29.9. The number of urea groups is 1. The third-order valence-electron chi connectivity index (χ3n) is 5.90. The number of aliphatic carboxylic acids is 3. The lowest BCUT2D eigenvalue weighted by molar-refractivity contribution is -0.141. The van der Waals surface area contributed by atoms with E-state index in [2.05, 4.69) is 20.7 Å². The number of carboxylic acid groups (broad SMARTS) is 3. The van der Waals surface area contributed by atoms with Crippen molar-refractivity contribution in [3.8, 4) is 5.75 Å². The Morgan fingerprint density at radius 2 is 1.48 bits per heavy atom. The molecule has 0 saturated carbocycles. The summed E-state index contributed by atoms with van der Waals surface area (Å²) < 4.78 is 0. The van der Waals surface area contributed by atoms with Crippen LogP contribution in [0.15, 0.2) is 29.4 Å². The van der Waals surface area contributed by atoms with Crippen LogP contribution in [0.1, 0.15) is 63.4 Å². The van der Waals surface area contributed by atoms with Crippen LogP contribution in [0.4, 0.5) is 4.79 Å². The molecule has 0 unspecified atom stereocenters. The summed E-state index contributed by atoms with van der Waals surface area (Å²) in [5, 5.41) is 44.6. The number of unbranched alkanes of at least 4 members (excludes halogenated alkanes) is 3. The molecule has 3 amide bonds. The van der Waals surface area contributed by atoms with Crippen molar-refractivity contribution in [3.05, 3.63) is 40.3 Å². The minimum atomic E-state index is -1.50. The van der Waals surface area contributed by atoms with E-state index in [-0.39, 0.29) is 37.5 Å². The lowest BCUT2D eigenvalue weighted by atomic mass is 10.1. The SMILES string of the molecule is [N-]=[N+]=NCCCCCC(=O)N(CCCC[C@H](NC(=O)N[C@@H](CCC(=O)O)C(=O)O)C(=O)O)Cc1ccc(O)cc1. The highest BCUT2D eigenvalue weighted by Crippen LogP contribution is 2.15. The summed E-state index contributed by atoms with van der Waals surface area (Å²) in [4.78, 5) is 63.0. The number of nitrogens with one attached hydrogen (secondary N) is 2. The van der Waals surface area contributed by atoms with Crippen LogP contribution in [0.25, 0.3) is 10.4 Å². The molecule has 1 rings (SSSR count). The fraction of sp³-hybridized carbons (Fsp3) is 0.560. The number of azide groups is 1. The van der Waals surface area contributed by atoms with E-state index >= 15 is 0 Å². The molecule has 40 heavy (non-hydrogen) atoms. The van der Waals surface area contributed by atoms with Gasteiger partial charge in [-0.2, -0.15) is 0 Å². The summed E-state index contributed by atoms with van der Waals surface area (Å²) in [6.07, 6.45) is 2.16. The van der Waals surface area contributed by atoms with Gasteiger partial charge in [0.25, 0.3) is 0 Å². The summed E-state index contributed by atoms with van der Waals surface area (Å²) in [7, 11) is 0. The smallest absolute Gasteiger partial charge is 0.326 e. The largest absolute Gasteiger partial charge is 0.508 e. The van der Waals surface area contributed by atoms with Crippen molar-refractivity contribution in [2.45, 2.75) is 76.4 Å². The molecule has 0 radical (unpaired) electrons. The Balaban J connectivity index is 2.66. The number of hydrogen-bond acceptors (Lipinski definition) is 7. The van der Waals surface area contributed by atoms with Crippen LogP contribution in [0.3, 0.4) is 0 Å². The van der Waals surface area contributed by atoms with E-state index in [0.29, 0.717) is 45.2 Å². The first-order chi connectivity index (χ1) is 19.0. The van der Waals surface area contributed by atoms with Gasteiger partial charge >= 0.3 is 23.9 Å². The first-order valence-corrected chi connectivity index (χ1v) is 12.8. The van der Waals surface area contributed by atoms with Crippen molar-refractivity contribution in [3.63, 3.8) is 0 Å². The highest BCUT2D eigenvalue weighted by Gasteiger charge is 2.25. The number of carboxylic acids is 3. The molecule has 0 spiro atoms. The lowest BCUT2D eigenvalue weighted by Gasteiger charge is -2.24. The minimum absolute atomic E-state index is 0.0102. The van der Waals surface area contributed by atoms with E-state index < -0.39 is 42.4 Å². The van der Waals surface area contributed by atoms with Gasteiger partial charge in [0.1, 0.15) is 17.8 Å². The third-order valence-corrected chi connectivity index (χ3v) is 5.90. The zero-order valence-corrected chi connectivity index (χ0v) is 22.1. The first kappa shape index (κ1) is 33.5. The van der Waals surface area contributed by atoms with Gasteiger partial charge in [0, 0.05) is 37.4 Å². The molecule has 0 fully saturated rings. The van der Waals surface area contributed by atoms with Crippen LogP contribution in [0, 0.1) is 0 Å². The van der Waals surface area contributed by atoms with Gasteiger partial charge in [-0.05, 0) is 61.8 Å². The van der Waals surface area contributed by atoms with Gasteiger partial charge < -0.3 is 36.0 Å². The van der Waals surface area contributed by atoms with Gasteiger partial charge in [0.05, 0.1) is 0 Å². The molecule has 0 aromatic heterocycles. The average molecular weight is 565 g/mol. The predicted molar refractivity (Wildman–Crippen MR) is 141 cm³/mol. The maximum Gasteiger partial charge on any atom is 0.326 e. The molecule has 220 valence electrons. The fourth-order valence-electron chi connectivity index (χ4n) is 3.74. The molecule has 1 aromatic carbocycles. The molecule has 15 nitrogen and oxygen atoms in total. The topological polar surface area (TPSA) is 242 Å². The molecule has 6 N–H and O–H groups in total. The van der Waals surface area contributed by atoms with E-state index in [1.54, 1.807) is 17.0 Å². The number of nitrogens with zero attached hydrogens (tertiary/aromatic N) is 4. The van der Waals surface area contributed by atoms with Gasteiger partial charge in [0.2, 0.25) is 5.91 Å². The Bertz CT molecular complexity index is 1040. The molecule has 1 aromatic rings. The van der Waals surface area contributed by atoms with Gasteiger partial charge in [-0.1, -0.05) is 23.7 Å².